The highest BCUT2D eigenvalue weighted by Gasteiger charge is 2.20. The number of fused-ring (bicyclic) bond motifs is 1. The van der Waals surface area contributed by atoms with E-state index in [1.165, 1.54) is 0 Å². The molecule has 0 saturated heterocycles. The molecule has 172 valence electrons. The average molecular weight is 501 g/mol. The number of hydrogen-bond donors (Lipinski definition) is 1. The second-order valence-electron chi connectivity index (χ2n) is 6.73. The quantitative estimate of drug-likeness (QED) is 0.521. The van der Waals surface area contributed by atoms with Crippen LogP contribution in [0.2, 0.25) is 0 Å². The van der Waals surface area contributed by atoms with Crippen molar-refractivity contribution in [3.05, 3.63) is 58.4 Å². The topological polar surface area (TPSA) is 81.0 Å². The molecule has 0 bridgehead atoms. The predicted molar refractivity (Wildman–Crippen MR) is 139 cm³/mol. The molecule has 2 aromatic heterocycles. The molecule has 3 rings (SSSR count). The summed E-state index contributed by atoms with van der Waals surface area (Å²) in [6.45, 7) is 14.1. The Labute approximate surface area is 199 Å². The second-order valence-corrected chi connectivity index (χ2v) is 7.52. The molecule has 3 heterocycles. The van der Waals surface area contributed by atoms with E-state index in [1.807, 2.05) is 45.2 Å². The number of anilines is 2. The Hall–Kier alpha value is -2.71. The number of halogens is 1. The number of methoxy groups -OCH3 is 1. The first kappa shape index (κ1) is 25.5. The van der Waals surface area contributed by atoms with Gasteiger partial charge in [0.05, 0.1) is 18.5 Å². The number of nitrogens with two attached hydrogens (primary N) is 1. The van der Waals surface area contributed by atoms with Crippen LogP contribution < -0.4 is 10.6 Å². The fraction of sp³-hybridized carbons (Fsp3) is 0.375. The van der Waals surface area contributed by atoms with Crippen molar-refractivity contribution in [2.45, 2.75) is 34.1 Å². The number of allylic oxidation sites excluding steroid dienone is 6. The van der Waals surface area contributed by atoms with E-state index >= 15 is 0 Å². The van der Waals surface area contributed by atoms with Crippen LogP contribution in [0.4, 0.5) is 11.6 Å². The van der Waals surface area contributed by atoms with Crippen LogP contribution >= 0.6 is 15.9 Å². The maximum Gasteiger partial charge on any atom is 0.167 e. The van der Waals surface area contributed by atoms with Gasteiger partial charge in [-0.05, 0) is 53.1 Å². The Morgan fingerprint density at radius 3 is 2.75 bits per heavy atom. The molecule has 2 aromatic rings. The van der Waals surface area contributed by atoms with Gasteiger partial charge in [0, 0.05) is 38.4 Å². The summed E-state index contributed by atoms with van der Waals surface area (Å²) in [6, 6.07) is 0. The highest BCUT2D eigenvalue weighted by molar-refractivity contribution is 9.10. The lowest BCUT2D eigenvalue weighted by molar-refractivity contribution is 0.205. The zero-order chi connectivity index (χ0) is 23.7. The number of rotatable bonds is 8. The van der Waals surface area contributed by atoms with E-state index in [9.17, 15) is 0 Å². The van der Waals surface area contributed by atoms with E-state index in [0.29, 0.717) is 31.0 Å². The van der Waals surface area contributed by atoms with E-state index in [2.05, 4.69) is 50.5 Å². The van der Waals surface area contributed by atoms with Crippen LogP contribution in [0.3, 0.4) is 0 Å². The van der Waals surface area contributed by atoms with Gasteiger partial charge in [-0.2, -0.15) is 9.61 Å². The van der Waals surface area contributed by atoms with Gasteiger partial charge in [-0.1, -0.05) is 32.6 Å². The Morgan fingerprint density at radius 1 is 1.38 bits per heavy atom. The van der Waals surface area contributed by atoms with Crippen LogP contribution in [-0.2, 0) is 4.74 Å². The molecule has 0 aromatic carbocycles. The molecule has 0 unspecified atom stereocenters. The minimum absolute atomic E-state index is 0.508. The summed E-state index contributed by atoms with van der Waals surface area (Å²) < 4.78 is 7.64. The van der Waals surface area contributed by atoms with Crippen LogP contribution in [0, 0.1) is 0 Å². The van der Waals surface area contributed by atoms with Crippen molar-refractivity contribution in [2.24, 2.45) is 4.99 Å². The number of aliphatic imine (C=N–C) groups is 1. The predicted octanol–water partition coefficient (Wildman–Crippen LogP) is 5.45. The van der Waals surface area contributed by atoms with Crippen molar-refractivity contribution in [3.8, 4) is 0 Å². The number of hydrogen-bond acceptors (Lipinski definition) is 6. The Kier molecular flexibility index (Phi) is 9.87. The molecule has 7 nitrogen and oxygen atoms in total. The lowest BCUT2D eigenvalue weighted by Crippen LogP contribution is -2.28. The third-order valence-electron chi connectivity index (χ3n) is 4.91. The number of aromatic nitrogens is 3. The van der Waals surface area contributed by atoms with Crippen molar-refractivity contribution >= 4 is 45.0 Å². The van der Waals surface area contributed by atoms with Gasteiger partial charge in [0.25, 0.3) is 0 Å². The van der Waals surface area contributed by atoms with E-state index in [-0.39, 0.29) is 0 Å². The molecule has 0 atom stereocenters. The Balaban J connectivity index is 0.00000176. The van der Waals surface area contributed by atoms with Gasteiger partial charge in [0.2, 0.25) is 0 Å². The normalized spacial score (nSPS) is 13.8. The molecule has 2 N–H and O–H groups in total. The first-order valence-corrected chi connectivity index (χ1v) is 11.6. The molecule has 0 aliphatic carbocycles. The van der Waals surface area contributed by atoms with E-state index < -0.39 is 0 Å². The fourth-order valence-electron chi connectivity index (χ4n) is 3.32. The number of nitrogen functional groups attached to an aromatic ring is 1. The van der Waals surface area contributed by atoms with E-state index in [4.69, 9.17) is 15.5 Å². The van der Waals surface area contributed by atoms with Crippen LogP contribution in [-0.4, -0.2) is 47.6 Å². The van der Waals surface area contributed by atoms with Gasteiger partial charge in [0.1, 0.15) is 16.1 Å². The summed E-state index contributed by atoms with van der Waals surface area (Å²) in [4.78, 5) is 11.6. The third-order valence-corrected chi connectivity index (χ3v) is 5.67. The first-order chi connectivity index (χ1) is 15.5. The van der Waals surface area contributed by atoms with Crippen LogP contribution in [0.25, 0.3) is 11.2 Å². The van der Waals surface area contributed by atoms with Crippen LogP contribution in [0.1, 0.15) is 39.7 Å². The van der Waals surface area contributed by atoms with Crippen molar-refractivity contribution < 1.29 is 4.74 Å². The molecule has 0 radical (unpaired) electrons. The highest BCUT2D eigenvalue weighted by Crippen LogP contribution is 2.34. The zero-order valence-corrected chi connectivity index (χ0v) is 21.2. The number of likely N-dealkylation sites (N-methyl/N-ethyl adjacent to an activating group) is 1. The van der Waals surface area contributed by atoms with Gasteiger partial charge >= 0.3 is 0 Å². The summed E-state index contributed by atoms with van der Waals surface area (Å²) in [5.74, 6) is 1.28. The summed E-state index contributed by atoms with van der Waals surface area (Å²) in [7, 11) is 1.69. The fourth-order valence-corrected chi connectivity index (χ4v) is 3.83. The smallest absolute Gasteiger partial charge is 0.167 e. The average Bonchev–Trinajstić information content (AvgIpc) is 3.13. The van der Waals surface area contributed by atoms with Gasteiger partial charge in [0.15, 0.2) is 5.65 Å². The summed E-state index contributed by atoms with van der Waals surface area (Å²) >= 11 is 3.60. The molecular weight excluding hydrogens is 468 g/mol. The third kappa shape index (κ3) is 5.37. The van der Waals surface area contributed by atoms with E-state index in [0.717, 1.165) is 39.2 Å². The van der Waals surface area contributed by atoms with Crippen molar-refractivity contribution in [3.63, 3.8) is 0 Å². The molecule has 0 saturated carbocycles. The van der Waals surface area contributed by atoms with E-state index in [1.54, 1.807) is 17.8 Å². The summed E-state index contributed by atoms with van der Waals surface area (Å²) in [6.07, 6.45) is 12.2. The maximum absolute atomic E-state index is 6.40. The molecule has 32 heavy (non-hydrogen) atoms. The minimum Gasteiger partial charge on any atom is -0.383 e. The summed E-state index contributed by atoms with van der Waals surface area (Å²) in [5, 5.41) is 4.49. The lowest BCUT2D eigenvalue weighted by Gasteiger charge is -2.23. The monoisotopic (exact) mass is 500 g/mol. The van der Waals surface area contributed by atoms with Crippen molar-refractivity contribution in [1.82, 2.24) is 14.6 Å². The number of ether oxygens (including phenoxy) is 1. The van der Waals surface area contributed by atoms with Crippen LogP contribution in [0.5, 0.6) is 0 Å². The molecule has 0 fully saturated rings. The first-order valence-electron chi connectivity index (χ1n) is 10.8. The van der Waals surface area contributed by atoms with Crippen LogP contribution in [0.15, 0.2) is 57.8 Å². The molecule has 1 aliphatic rings. The van der Waals surface area contributed by atoms with Gasteiger partial charge in [-0.3, -0.25) is 4.99 Å². The molecule has 0 amide bonds. The second kappa shape index (κ2) is 12.4. The summed E-state index contributed by atoms with van der Waals surface area (Å²) in [5.41, 5.74) is 10.9. The lowest BCUT2D eigenvalue weighted by atomic mass is 10.0. The molecular formula is C24H33BrN6O. The van der Waals surface area contributed by atoms with Crippen molar-refractivity contribution in [2.75, 3.05) is 37.4 Å². The van der Waals surface area contributed by atoms with Gasteiger partial charge in [-0.15, -0.1) is 0 Å². The van der Waals surface area contributed by atoms with Crippen molar-refractivity contribution in [1.29, 1.82) is 0 Å². The maximum atomic E-state index is 6.40. The highest BCUT2D eigenvalue weighted by atomic mass is 79.9. The molecule has 8 heteroatoms. The Morgan fingerprint density at radius 2 is 2.12 bits per heavy atom. The molecule has 1 aliphatic heterocycles. The van der Waals surface area contributed by atoms with Gasteiger partial charge < -0.3 is 15.4 Å². The Bertz CT molecular complexity index is 1060. The number of nitrogens with zero attached hydrogens (tertiary/aromatic N) is 5. The zero-order valence-electron chi connectivity index (χ0n) is 19.6. The standard InChI is InChI=1S/C22H27BrN6O.C2H6/c1-5-8-18-15(6-2)13-16(9-10-25-18)17-14-26-29-20(24)19(23)22(27-21(17)29)28(7-3)11-12-30-4;1-2/h5-6,8,10,13-14H,2,7,9,11-12,24H2,1,3-4H3;1-2H3/b8-5-;. The minimum atomic E-state index is 0.508. The molecule has 0 spiro atoms. The largest absolute Gasteiger partial charge is 0.383 e. The SMILES string of the molecule is C=CC1=C(/C=C\C)N=CCC(c2cnn3c(N)c(Br)c(N(CC)CCOC)nc23)=C1.CC. The van der Waals surface area contributed by atoms with Gasteiger partial charge in [-0.25, -0.2) is 4.98 Å².